The van der Waals surface area contributed by atoms with Crippen molar-refractivity contribution >= 4 is 41.3 Å². The average molecular weight is 318 g/mol. The molecule has 0 aromatic heterocycles. The predicted molar refractivity (Wildman–Crippen MR) is 87.3 cm³/mol. The molecule has 1 aromatic rings. The standard InChI is InChI=1S/C14H20ClN3O.ClH/c1-18(2)13-6-5-11(8-12(13)15)17-14(19)10-4-3-7-16-9-10;/h5-6,8,10,16H,3-4,7,9H2,1-2H3,(H,17,19);1H. The minimum Gasteiger partial charge on any atom is -0.376 e. The molecule has 20 heavy (non-hydrogen) atoms. The Morgan fingerprint density at radius 1 is 1.45 bits per heavy atom. The van der Waals surface area contributed by atoms with Crippen LogP contribution in [0.2, 0.25) is 5.02 Å². The van der Waals surface area contributed by atoms with Gasteiger partial charge in [-0.25, -0.2) is 0 Å². The van der Waals surface area contributed by atoms with Crippen molar-refractivity contribution in [1.82, 2.24) is 5.32 Å². The Kier molecular flexibility index (Phi) is 6.59. The third-order valence-corrected chi connectivity index (χ3v) is 3.67. The summed E-state index contributed by atoms with van der Waals surface area (Å²) in [4.78, 5) is 14.0. The maximum absolute atomic E-state index is 12.1. The molecule has 0 saturated carbocycles. The second-order valence-corrected chi connectivity index (χ2v) is 5.50. The number of nitrogens with zero attached hydrogens (tertiary/aromatic N) is 1. The van der Waals surface area contributed by atoms with Crippen molar-refractivity contribution < 1.29 is 4.79 Å². The van der Waals surface area contributed by atoms with Gasteiger partial charge in [0.25, 0.3) is 0 Å². The number of carbonyl (C=O) groups excluding carboxylic acids is 1. The van der Waals surface area contributed by atoms with Crippen molar-refractivity contribution in [2.75, 3.05) is 37.4 Å². The summed E-state index contributed by atoms with van der Waals surface area (Å²) < 4.78 is 0. The number of benzene rings is 1. The van der Waals surface area contributed by atoms with Gasteiger partial charge in [-0.05, 0) is 37.6 Å². The van der Waals surface area contributed by atoms with E-state index in [4.69, 9.17) is 11.6 Å². The predicted octanol–water partition coefficient (Wildman–Crippen LogP) is 2.77. The van der Waals surface area contributed by atoms with Crippen LogP contribution in [0.4, 0.5) is 11.4 Å². The molecule has 1 aliphatic rings. The molecule has 1 atom stereocenters. The number of amides is 1. The highest BCUT2D eigenvalue weighted by molar-refractivity contribution is 6.33. The molecule has 2 N–H and O–H groups in total. The minimum atomic E-state index is 0. The van der Waals surface area contributed by atoms with E-state index in [-0.39, 0.29) is 24.2 Å². The normalized spacial score (nSPS) is 18.1. The van der Waals surface area contributed by atoms with Gasteiger partial charge in [-0.1, -0.05) is 11.6 Å². The van der Waals surface area contributed by atoms with E-state index in [9.17, 15) is 4.79 Å². The molecule has 1 heterocycles. The van der Waals surface area contributed by atoms with Gasteiger partial charge < -0.3 is 15.5 Å². The van der Waals surface area contributed by atoms with E-state index in [1.165, 1.54) is 0 Å². The fourth-order valence-corrected chi connectivity index (χ4v) is 2.62. The van der Waals surface area contributed by atoms with Crippen molar-refractivity contribution in [3.05, 3.63) is 23.2 Å². The van der Waals surface area contributed by atoms with Gasteiger partial charge in [0.1, 0.15) is 0 Å². The molecule has 0 bridgehead atoms. The van der Waals surface area contributed by atoms with Gasteiger partial charge in [-0.2, -0.15) is 0 Å². The molecule has 0 aliphatic carbocycles. The lowest BCUT2D eigenvalue weighted by molar-refractivity contribution is -0.120. The van der Waals surface area contributed by atoms with Crippen LogP contribution in [0.5, 0.6) is 0 Å². The van der Waals surface area contributed by atoms with Crippen molar-refractivity contribution in [2.24, 2.45) is 5.92 Å². The van der Waals surface area contributed by atoms with Gasteiger partial charge in [-0.15, -0.1) is 12.4 Å². The first-order valence-corrected chi connectivity index (χ1v) is 6.94. The third-order valence-electron chi connectivity index (χ3n) is 3.36. The lowest BCUT2D eigenvalue weighted by Gasteiger charge is -2.22. The summed E-state index contributed by atoms with van der Waals surface area (Å²) in [5.41, 5.74) is 1.70. The van der Waals surface area contributed by atoms with E-state index in [0.717, 1.165) is 37.3 Å². The summed E-state index contributed by atoms with van der Waals surface area (Å²) in [7, 11) is 3.88. The highest BCUT2D eigenvalue weighted by atomic mass is 35.5. The number of hydrogen-bond donors (Lipinski definition) is 2. The maximum Gasteiger partial charge on any atom is 0.228 e. The van der Waals surface area contributed by atoms with Crippen molar-refractivity contribution in [1.29, 1.82) is 0 Å². The molecule has 1 amide bonds. The first-order valence-electron chi connectivity index (χ1n) is 6.56. The second-order valence-electron chi connectivity index (χ2n) is 5.09. The molecule has 0 spiro atoms. The van der Waals surface area contributed by atoms with Crippen LogP contribution in [0.25, 0.3) is 0 Å². The van der Waals surface area contributed by atoms with Crippen molar-refractivity contribution in [3.63, 3.8) is 0 Å². The quantitative estimate of drug-likeness (QED) is 0.901. The topological polar surface area (TPSA) is 44.4 Å². The van der Waals surface area contributed by atoms with Crippen LogP contribution in [-0.4, -0.2) is 33.1 Å². The van der Waals surface area contributed by atoms with Crippen LogP contribution in [0, 0.1) is 5.92 Å². The average Bonchev–Trinajstić information content (AvgIpc) is 2.39. The fourth-order valence-electron chi connectivity index (χ4n) is 2.27. The summed E-state index contributed by atoms with van der Waals surface area (Å²) in [6.45, 7) is 1.77. The monoisotopic (exact) mass is 317 g/mol. The molecule has 1 aromatic carbocycles. The largest absolute Gasteiger partial charge is 0.376 e. The van der Waals surface area contributed by atoms with Crippen LogP contribution in [0.3, 0.4) is 0 Å². The van der Waals surface area contributed by atoms with E-state index in [2.05, 4.69) is 10.6 Å². The minimum absolute atomic E-state index is 0. The van der Waals surface area contributed by atoms with Gasteiger partial charge in [0, 0.05) is 26.3 Å². The third kappa shape index (κ3) is 4.27. The second kappa shape index (κ2) is 7.72. The fraction of sp³-hybridized carbons (Fsp3) is 0.500. The highest BCUT2D eigenvalue weighted by Crippen LogP contribution is 2.27. The van der Waals surface area contributed by atoms with Gasteiger partial charge in [0.05, 0.1) is 16.6 Å². The van der Waals surface area contributed by atoms with Crippen LogP contribution in [-0.2, 0) is 4.79 Å². The molecule has 112 valence electrons. The Morgan fingerprint density at radius 3 is 2.75 bits per heavy atom. The van der Waals surface area contributed by atoms with E-state index < -0.39 is 0 Å². The van der Waals surface area contributed by atoms with E-state index in [1.54, 1.807) is 6.07 Å². The summed E-state index contributed by atoms with van der Waals surface area (Å²) in [6, 6.07) is 5.59. The van der Waals surface area contributed by atoms with Crippen molar-refractivity contribution in [3.8, 4) is 0 Å². The van der Waals surface area contributed by atoms with Gasteiger partial charge in [-0.3, -0.25) is 4.79 Å². The number of piperidine rings is 1. The van der Waals surface area contributed by atoms with E-state index in [0.29, 0.717) is 5.02 Å². The molecule has 0 radical (unpaired) electrons. The van der Waals surface area contributed by atoms with E-state index >= 15 is 0 Å². The molecular weight excluding hydrogens is 297 g/mol. The molecule has 4 nitrogen and oxygen atoms in total. The summed E-state index contributed by atoms with van der Waals surface area (Å²) >= 11 is 6.19. The zero-order valence-electron chi connectivity index (χ0n) is 11.8. The SMILES string of the molecule is CN(C)c1ccc(NC(=O)C2CCCNC2)cc1Cl.Cl. The molecule has 1 unspecified atom stereocenters. The number of carbonyl (C=O) groups is 1. The number of hydrogen-bond acceptors (Lipinski definition) is 3. The van der Waals surface area contributed by atoms with Gasteiger partial charge >= 0.3 is 0 Å². The first kappa shape index (κ1) is 17.1. The van der Waals surface area contributed by atoms with Crippen LogP contribution in [0.15, 0.2) is 18.2 Å². The molecule has 6 heteroatoms. The van der Waals surface area contributed by atoms with Crippen LogP contribution in [0.1, 0.15) is 12.8 Å². The first-order chi connectivity index (χ1) is 9.08. The summed E-state index contributed by atoms with van der Waals surface area (Å²) in [5.74, 6) is 0.127. The maximum atomic E-state index is 12.1. The Bertz CT molecular complexity index is 460. The smallest absolute Gasteiger partial charge is 0.228 e. The number of anilines is 2. The highest BCUT2D eigenvalue weighted by Gasteiger charge is 2.21. The Morgan fingerprint density at radius 2 is 2.20 bits per heavy atom. The Labute approximate surface area is 131 Å². The zero-order valence-corrected chi connectivity index (χ0v) is 13.4. The lowest BCUT2D eigenvalue weighted by atomic mass is 9.99. The summed E-state index contributed by atoms with van der Waals surface area (Å²) in [5, 5.41) is 6.82. The van der Waals surface area contributed by atoms with Crippen molar-refractivity contribution in [2.45, 2.75) is 12.8 Å². The van der Waals surface area contributed by atoms with Gasteiger partial charge in [0.2, 0.25) is 5.91 Å². The zero-order chi connectivity index (χ0) is 13.8. The Balaban J connectivity index is 0.00000200. The summed E-state index contributed by atoms with van der Waals surface area (Å²) in [6.07, 6.45) is 2.00. The van der Waals surface area contributed by atoms with E-state index in [1.807, 2.05) is 31.1 Å². The number of rotatable bonds is 3. The number of halogens is 2. The Hall–Kier alpha value is -0.970. The molecule has 1 saturated heterocycles. The molecule has 1 aliphatic heterocycles. The molecular formula is C14H21Cl2N3O. The van der Waals surface area contributed by atoms with Gasteiger partial charge in [0.15, 0.2) is 0 Å². The number of nitrogens with one attached hydrogen (secondary N) is 2. The molecule has 2 rings (SSSR count). The van der Waals surface area contributed by atoms with Crippen LogP contribution >= 0.6 is 24.0 Å². The van der Waals surface area contributed by atoms with Crippen LogP contribution < -0.4 is 15.5 Å². The lowest BCUT2D eigenvalue weighted by Crippen LogP contribution is -2.37. The molecule has 1 fully saturated rings.